The molecule has 1 amide bonds. The summed E-state index contributed by atoms with van der Waals surface area (Å²) in [5.74, 6) is -0.245. The van der Waals surface area contributed by atoms with Crippen molar-refractivity contribution in [1.82, 2.24) is 19.4 Å². The van der Waals surface area contributed by atoms with Crippen molar-refractivity contribution in [1.29, 1.82) is 0 Å². The van der Waals surface area contributed by atoms with Crippen LogP contribution in [0.4, 0.5) is 14.5 Å². The molecule has 1 aliphatic rings. The fraction of sp³-hybridized carbons (Fsp3) is 0.250. The first-order valence-corrected chi connectivity index (χ1v) is 17.2. The standard InChI is InChI=1S/C40H37F2N5O5/c1-25-15-19-46(20-16-25)18-7-21-51-37-24-31-27(23-36(37)50-2)34(14-17-43-31)52-35-13-12-26(22-29(35)42)44-39(48)38-40(49)47(32-10-5-3-8-28(32)41)33-11-6-4-9-30(33)45-38/h3-6,8-14,17,22-25H,7,15-16,18-21H2,1-2H3,(H,44,48). The van der Waals surface area contributed by atoms with Crippen LogP contribution in [0.5, 0.6) is 23.0 Å². The van der Waals surface area contributed by atoms with Crippen LogP contribution in [0.15, 0.2) is 95.9 Å². The summed E-state index contributed by atoms with van der Waals surface area (Å²) in [6, 6.07) is 21.3. The summed E-state index contributed by atoms with van der Waals surface area (Å²) in [6.45, 7) is 6.04. The summed E-state index contributed by atoms with van der Waals surface area (Å²) in [4.78, 5) is 38.1. The molecule has 6 aromatic rings. The molecular weight excluding hydrogens is 668 g/mol. The number of anilines is 1. The van der Waals surface area contributed by atoms with Crippen LogP contribution in [0.25, 0.3) is 27.6 Å². The summed E-state index contributed by atoms with van der Waals surface area (Å²) >= 11 is 0. The molecular formula is C40H37F2N5O5. The van der Waals surface area contributed by atoms with Crippen LogP contribution >= 0.6 is 0 Å². The van der Waals surface area contributed by atoms with Gasteiger partial charge >= 0.3 is 0 Å². The molecule has 1 saturated heterocycles. The van der Waals surface area contributed by atoms with Gasteiger partial charge in [-0.05, 0) is 86.8 Å². The Morgan fingerprint density at radius 3 is 2.46 bits per heavy atom. The highest BCUT2D eigenvalue weighted by molar-refractivity contribution is 6.03. The minimum atomic E-state index is -0.889. The number of pyridine rings is 1. The molecule has 12 heteroatoms. The third kappa shape index (κ3) is 7.28. The van der Waals surface area contributed by atoms with E-state index in [1.54, 1.807) is 61.8 Å². The molecule has 266 valence electrons. The van der Waals surface area contributed by atoms with Gasteiger partial charge in [-0.2, -0.15) is 0 Å². The predicted molar refractivity (Wildman–Crippen MR) is 195 cm³/mol. The zero-order valence-corrected chi connectivity index (χ0v) is 28.8. The number of para-hydroxylation sites is 3. The van der Waals surface area contributed by atoms with Crippen LogP contribution in [-0.4, -0.2) is 58.7 Å². The number of piperidine rings is 1. The van der Waals surface area contributed by atoms with Crippen molar-refractivity contribution < 1.29 is 27.8 Å². The first-order chi connectivity index (χ1) is 25.3. The van der Waals surface area contributed by atoms with Crippen LogP contribution < -0.4 is 25.1 Å². The minimum Gasteiger partial charge on any atom is -0.493 e. The van der Waals surface area contributed by atoms with Crippen molar-refractivity contribution in [2.24, 2.45) is 5.92 Å². The number of rotatable bonds is 11. The molecule has 52 heavy (non-hydrogen) atoms. The van der Waals surface area contributed by atoms with Gasteiger partial charge in [0.2, 0.25) is 0 Å². The van der Waals surface area contributed by atoms with Gasteiger partial charge in [-0.1, -0.05) is 31.2 Å². The zero-order valence-electron chi connectivity index (χ0n) is 28.8. The first kappa shape index (κ1) is 34.6. The number of hydrogen-bond donors (Lipinski definition) is 1. The number of aromatic nitrogens is 3. The van der Waals surface area contributed by atoms with Crippen LogP contribution in [0.3, 0.4) is 0 Å². The van der Waals surface area contributed by atoms with Crippen molar-refractivity contribution in [3.63, 3.8) is 0 Å². The molecule has 1 aliphatic heterocycles. The molecule has 0 spiro atoms. The average Bonchev–Trinajstić information content (AvgIpc) is 3.15. The lowest BCUT2D eigenvalue weighted by molar-refractivity contribution is 0.102. The summed E-state index contributed by atoms with van der Waals surface area (Å²) in [5, 5.41) is 3.12. The molecule has 0 bridgehead atoms. The van der Waals surface area contributed by atoms with Crippen molar-refractivity contribution >= 4 is 33.5 Å². The molecule has 3 heterocycles. The van der Waals surface area contributed by atoms with E-state index in [0.29, 0.717) is 45.8 Å². The van der Waals surface area contributed by atoms with E-state index in [1.165, 1.54) is 43.2 Å². The van der Waals surface area contributed by atoms with Crippen molar-refractivity contribution in [3.8, 4) is 28.7 Å². The van der Waals surface area contributed by atoms with E-state index >= 15 is 4.39 Å². The number of carbonyl (C=O) groups is 1. The molecule has 0 atom stereocenters. The molecule has 0 aliphatic carbocycles. The third-order valence-electron chi connectivity index (χ3n) is 9.22. The van der Waals surface area contributed by atoms with Gasteiger partial charge in [0.05, 0.1) is 36.0 Å². The Kier molecular flexibility index (Phi) is 10.1. The van der Waals surface area contributed by atoms with E-state index in [1.807, 2.05) is 0 Å². The Hall–Kier alpha value is -5.88. The second kappa shape index (κ2) is 15.2. The molecule has 1 N–H and O–H groups in total. The Balaban J connectivity index is 1.07. The number of nitrogens with zero attached hydrogens (tertiary/aromatic N) is 4. The van der Waals surface area contributed by atoms with Gasteiger partial charge in [0.15, 0.2) is 28.8 Å². The van der Waals surface area contributed by atoms with Gasteiger partial charge in [0, 0.05) is 35.9 Å². The first-order valence-electron chi connectivity index (χ1n) is 17.2. The molecule has 1 fully saturated rings. The molecule has 10 nitrogen and oxygen atoms in total. The van der Waals surface area contributed by atoms with Crippen LogP contribution in [-0.2, 0) is 0 Å². The number of ether oxygens (including phenoxy) is 3. The maximum absolute atomic E-state index is 15.5. The minimum absolute atomic E-state index is 0.0318. The van der Waals surface area contributed by atoms with E-state index in [9.17, 15) is 14.0 Å². The summed E-state index contributed by atoms with van der Waals surface area (Å²) in [7, 11) is 1.55. The fourth-order valence-corrected chi connectivity index (χ4v) is 6.37. The lowest BCUT2D eigenvalue weighted by Gasteiger charge is -2.30. The SMILES string of the molecule is COc1cc2c(Oc3ccc(NC(=O)c4nc5ccccc5n(-c5ccccc5F)c4=O)cc3F)ccnc2cc1OCCCN1CCC(C)CC1. The van der Waals surface area contributed by atoms with E-state index in [-0.39, 0.29) is 17.1 Å². The Morgan fingerprint density at radius 2 is 1.67 bits per heavy atom. The van der Waals surface area contributed by atoms with Crippen LogP contribution in [0.1, 0.15) is 36.7 Å². The lowest BCUT2D eigenvalue weighted by Crippen LogP contribution is -2.34. The van der Waals surface area contributed by atoms with E-state index in [0.717, 1.165) is 42.6 Å². The number of hydrogen-bond acceptors (Lipinski definition) is 8. The molecule has 4 aromatic carbocycles. The number of halogens is 2. The Bertz CT molecular complexity index is 2320. The van der Waals surface area contributed by atoms with Gasteiger partial charge in [0.1, 0.15) is 11.6 Å². The topological polar surface area (TPSA) is 108 Å². The summed E-state index contributed by atoms with van der Waals surface area (Å²) in [5.41, 5.74) is -0.0957. The van der Waals surface area contributed by atoms with Gasteiger partial charge in [-0.3, -0.25) is 19.1 Å². The largest absolute Gasteiger partial charge is 0.493 e. The van der Waals surface area contributed by atoms with Crippen molar-refractivity contribution in [2.45, 2.75) is 26.2 Å². The highest BCUT2D eigenvalue weighted by Gasteiger charge is 2.21. The number of carbonyl (C=O) groups excluding carboxylic acids is 1. The molecule has 7 rings (SSSR count). The van der Waals surface area contributed by atoms with E-state index < -0.39 is 28.8 Å². The van der Waals surface area contributed by atoms with Crippen LogP contribution in [0, 0.1) is 17.6 Å². The number of nitrogens with one attached hydrogen (secondary N) is 1. The zero-order chi connectivity index (χ0) is 36.2. The maximum atomic E-state index is 15.5. The highest BCUT2D eigenvalue weighted by Crippen LogP contribution is 2.38. The van der Waals surface area contributed by atoms with Gasteiger partial charge < -0.3 is 24.4 Å². The molecule has 2 aromatic heterocycles. The number of methoxy groups -OCH3 is 1. The van der Waals surface area contributed by atoms with E-state index in [2.05, 4.69) is 27.1 Å². The highest BCUT2D eigenvalue weighted by atomic mass is 19.1. The lowest BCUT2D eigenvalue weighted by atomic mass is 9.99. The quantitative estimate of drug-likeness (QED) is 0.136. The monoisotopic (exact) mass is 705 g/mol. The van der Waals surface area contributed by atoms with Gasteiger partial charge in [0.25, 0.3) is 11.5 Å². The third-order valence-corrected chi connectivity index (χ3v) is 9.22. The molecule has 0 saturated carbocycles. The Labute approximate surface area is 298 Å². The smallest absolute Gasteiger partial charge is 0.287 e. The second-order valence-corrected chi connectivity index (χ2v) is 12.8. The number of benzene rings is 4. The fourth-order valence-electron chi connectivity index (χ4n) is 6.37. The maximum Gasteiger partial charge on any atom is 0.287 e. The van der Waals surface area contributed by atoms with Gasteiger partial charge in [-0.25, -0.2) is 13.8 Å². The molecule has 0 radical (unpaired) electrons. The van der Waals surface area contributed by atoms with Crippen molar-refractivity contribution in [3.05, 3.63) is 119 Å². The van der Waals surface area contributed by atoms with Gasteiger partial charge in [-0.15, -0.1) is 0 Å². The number of likely N-dealkylation sites (tertiary alicyclic amines) is 1. The second-order valence-electron chi connectivity index (χ2n) is 12.8. The average molecular weight is 706 g/mol. The predicted octanol–water partition coefficient (Wildman–Crippen LogP) is 7.77. The number of amides is 1. The van der Waals surface area contributed by atoms with Crippen molar-refractivity contribution in [2.75, 3.05) is 38.7 Å². The summed E-state index contributed by atoms with van der Waals surface area (Å²) in [6.07, 6.45) is 4.90. The normalized spacial score (nSPS) is 13.7. The van der Waals surface area contributed by atoms with E-state index in [4.69, 9.17) is 14.2 Å². The summed E-state index contributed by atoms with van der Waals surface area (Å²) < 4.78 is 49.1. The van der Waals surface area contributed by atoms with Crippen LogP contribution in [0.2, 0.25) is 0 Å². The Morgan fingerprint density at radius 1 is 0.885 bits per heavy atom. The molecule has 0 unspecified atom stereocenters. The number of fused-ring (bicyclic) bond motifs is 2.